The summed E-state index contributed by atoms with van der Waals surface area (Å²) in [5.74, 6) is -1.67. The fourth-order valence-corrected chi connectivity index (χ4v) is 4.32. The summed E-state index contributed by atoms with van der Waals surface area (Å²) in [6.45, 7) is 3.24. The van der Waals surface area contributed by atoms with Crippen molar-refractivity contribution >= 4 is 35.8 Å². The third-order valence-corrected chi connectivity index (χ3v) is 5.53. The lowest BCUT2D eigenvalue weighted by atomic mass is 9.81. The highest BCUT2D eigenvalue weighted by Gasteiger charge is 2.62. The van der Waals surface area contributed by atoms with Gasteiger partial charge >= 0.3 is 0 Å². The van der Waals surface area contributed by atoms with Crippen LogP contribution in [0.4, 0.5) is 5.69 Å². The SMILES string of the molecule is CCNCc1ccccc1NC(=O)CN1C(=O)C2C3CCC(O3)C2C1=O.Cl. The first kappa shape index (κ1) is 19.8. The minimum Gasteiger partial charge on any atom is -0.373 e. The van der Waals surface area contributed by atoms with Gasteiger partial charge in [0.15, 0.2) is 0 Å². The number of carbonyl (C=O) groups is 3. The number of hydrogen-bond acceptors (Lipinski definition) is 5. The standard InChI is InChI=1S/C19H23N3O4.ClH/c1-2-20-9-11-5-3-4-6-12(11)21-15(23)10-22-18(24)16-13-7-8-14(26-13)17(16)19(22)25;/h3-6,13-14,16-17,20H,2,7-10H2,1H3,(H,21,23);1H. The second-order valence-electron chi connectivity index (χ2n) is 7.09. The zero-order valence-electron chi connectivity index (χ0n) is 15.1. The molecular formula is C19H24ClN3O4. The van der Waals surface area contributed by atoms with Crippen molar-refractivity contribution in [3.05, 3.63) is 29.8 Å². The first-order valence-corrected chi connectivity index (χ1v) is 9.19. The molecule has 1 aromatic rings. The number of halogens is 1. The van der Waals surface area contributed by atoms with E-state index in [1.807, 2.05) is 31.2 Å². The molecule has 0 radical (unpaired) electrons. The maximum Gasteiger partial charge on any atom is 0.244 e. The highest BCUT2D eigenvalue weighted by atomic mass is 35.5. The van der Waals surface area contributed by atoms with Crippen LogP contribution in [0.2, 0.25) is 0 Å². The van der Waals surface area contributed by atoms with Crippen LogP contribution < -0.4 is 10.6 Å². The van der Waals surface area contributed by atoms with Crippen LogP contribution in [0.1, 0.15) is 25.3 Å². The zero-order valence-corrected chi connectivity index (χ0v) is 16.0. The molecule has 3 fully saturated rings. The third kappa shape index (κ3) is 3.47. The van der Waals surface area contributed by atoms with Crippen molar-refractivity contribution in [2.45, 2.75) is 38.5 Å². The Hall–Kier alpha value is -1.96. The minimum atomic E-state index is -0.393. The number of hydrogen-bond donors (Lipinski definition) is 2. The number of nitrogens with one attached hydrogen (secondary N) is 2. The molecule has 0 saturated carbocycles. The Morgan fingerprint density at radius 2 is 1.78 bits per heavy atom. The van der Waals surface area contributed by atoms with Gasteiger partial charge in [-0.15, -0.1) is 12.4 Å². The number of imide groups is 1. The highest BCUT2D eigenvalue weighted by Crippen LogP contribution is 2.48. The summed E-state index contributed by atoms with van der Waals surface area (Å²) in [4.78, 5) is 38.8. The molecule has 2 bridgehead atoms. The lowest BCUT2D eigenvalue weighted by molar-refractivity contribution is -0.145. The molecule has 3 amide bonds. The summed E-state index contributed by atoms with van der Waals surface area (Å²) < 4.78 is 5.71. The van der Waals surface area contributed by atoms with Gasteiger partial charge in [-0.05, 0) is 31.0 Å². The van der Waals surface area contributed by atoms with Crippen molar-refractivity contribution in [3.8, 4) is 0 Å². The number of para-hydroxylation sites is 1. The molecule has 1 aromatic carbocycles. The van der Waals surface area contributed by atoms with Crippen molar-refractivity contribution in [1.82, 2.24) is 10.2 Å². The van der Waals surface area contributed by atoms with E-state index in [-0.39, 0.29) is 48.9 Å². The average molecular weight is 394 g/mol. The van der Waals surface area contributed by atoms with E-state index in [4.69, 9.17) is 4.74 Å². The van der Waals surface area contributed by atoms with Crippen LogP contribution in [0.25, 0.3) is 0 Å². The molecular weight excluding hydrogens is 370 g/mol. The van der Waals surface area contributed by atoms with Gasteiger partial charge in [-0.25, -0.2) is 0 Å². The molecule has 3 heterocycles. The van der Waals surface area contributed by atoms with Crippen molar-refractivity contribution < 1.29 is 19.1 Å². The van der Waals surface area contributed by atoms with Gasteiger partial charge in [-0.2, -0.15) is 0 Å². The molecule has 0 aromatic heterocycles. The Morgan fingerprint density at radius 3 is 2.41 bits per heavy atom. The molecule has 0 spiro atoms. The Bertz CT molecular complexity index is 728. The predicted octanol–water partition coefficient (Wildman–Crippen LogP) is 1.32. The van der Waals surface area contributed by atoms with Crippen LogP contribution in [0.15, 0.2) is 24.3 Å². The Morgan fingerprint density at radius 1 is 1.15 bits per heavy atom. The molecule has 3 aliphatic heterocycles. The summed E-state index contributed by atoms with van der Waals surface area (Å²) in [5, 5.41) is 6.06. The lowest BCUT2D eigenvalue weighted by Crippen LogP contribution is -2.40. The van der Waals surface area contributed by atoms with E-state index in [1.54, 1.807) is 0 Å². The molecule has 3 saturated heterocycles. The largest absolute Gasteiger partial charge is 0.373 e. The van der Waals surface area contributed by atoms with Crippen LogP contribution in [-0.4, -0.2) is 47.9 Å². The quantitative estimate of drug-likeness (QED) is 0.712. The maximum atomic E-state index is 12.6. The summed E-state index contributed by atoms with van der Waals surface area (Å²) in [5.41, 5.74) is 1.66. The normalized spacial score (nSPS) is 28.3. The molecule has 0 aliphatic carbocycles. The number of benzene rings is 1. The molecule has 4 atom stereocenters. The monoisotopic (exact) mass is 393 g/mol. The molecule has 2 N–H and O–H groups in total. The Balaban J connectivity index is 0.00000210. The van der Waals surface area contributed by atoms with Crippen molar-refractivity contribution in [2.75, 3.05) is 18.4 Å². The molecule has 4 unspecified atom stereocenters. The Kier molecular flexibility index (Phi) is 5.83. The topological polar surface area (TPSA) is 87.7 Å². The van der Waals surface area contributed by atoms with Crippen molar-refractivity contribution in [2.24, 2.45) is 11.8 Å². The van der Waals surface area contributed by atoms with Crippen molar-refractivity contribution in [1.29, 1.82) is 0 Å². The van der Waals surface area contributed by atoms with E-state index in [1.165, 1.54) is 0 Å². The minimum absolute atomic E-state index is 0. The van der Waals surface area contributed by atoms with Gasteiger partial charge in [0, 0.05) is 12.2 Å². The number of rotatable bonds is 6. The first-order valence-electron chi connectivity index (χ1n) is 9.19. The first-order chi connectivity index (χ1) is 12.6. The predicted molar refractivity (Wildman–Crippen MR) is 101 cm³/mol. The Labute approximate surface area is 164 Å². The highest BCUT2D eigenvalue weighted by molar-refractivity contribution is 6.09. The lowest BCUT2D eigenvalue weighted by Gasteiger charge is -2.18. The average Bonchev–Trinajstić information content (AvgIpc) is 3.31. The van der Waals surface area contributed by atoms with E-state index in [0.29, 0.717) is 12.2 Å². The second kappa shape index (κ2) is 7.96. The number of amides is 3. The van der Waals surface area contributed by atoms with E-state index in [0.717, 1.165) is 29.8 Å². The number of likely N-dealkylation sites (tertiary alicyclic amines) is 1. The van der Waals surface area contributed by atoms with Gasteiger partial charge in [-0.1, -0.05) is 25.1 Å². The van der Waals surface area contributed by atoms with Gasteiger partial charge in [-0.3, -0.25) is 19.3 Å². The molecule has 3 aliphatic rings. The fraction of sp³-hybridized carbons (Fsp3) is 0.526. The van der Waals surface area contributed by atoms with Gasteiger partial charge in [0.25, 0.3) is 0 Å². The zero-order chi connectivity index (χ0) is 18.3. The van der Waals surface area contributed by atoms with Crippen LogP contribution in [0.3, 0.4) is 0 Å². The van der Waals surface area contributed by atoms with Gasteiger partial charge in [0.1, 0.15) is 6.54 Å². The number of ether oxygens (including phenoxy) is 1. The van der Waals surface area contributed by atoms with Crippen LogP contribution >= 0.6 is 12.4 Å². The van der Waals surface area contributed by atoms with Crippen LogP contribution in [0, 0.1) is 11.8 Å². The van der Waals surface area contributed by atoms with E-state index < -0.39 is 11.8 Å². The van der Waals surface area contributed by atoms with Gasteiger partial charge in [0.05, 0.1) is 24.0 Å². The second-order valence-corrected chi connectivity index (χ2v) is 7.09. The smallest absolute Gasteiger partial charge is 0.244 e. The molecule has 4 rings (SSSR count). The third-order valence-electron chi connectivity index (χ3n) is 5.53. The molecule has 27 heavy (non-hydrogen) atoms. The summed E-state index contributed by atoms with van der Waals surface area (Å²) in [6, 6.07) is 7.51. The fourth-order valence-electron chi connectivity index (χ4n) is 4.32. The molecule has 146 valence electrons. The number of fused-ring (bicyclic) bond motifs is 5. The van der Waals surface area contributed by atoms with Gasteiger partial charge < -0.3 is 15.4 Å². The van der Waals surface area contributed by atoms with Gasteiger partial charge in [0.2, 0.25) is 17.7 Å². The number of carbonyl (C=O) groups excluding carboxylic acids is 3. The van der Waals surface area contributed by atoms with E-state index in [2.05, 4.69) is 10.6 Å². The van der Waals surface area contributed by atoms with Crippen LogP contribution in [-0.2, 0) is 25.7 Å². The van der Waals surface area contributed by atoms with Crippen LogP contribution in [0.5, 0.6) is 0 Å². The summed E-state index contributed by atoms with van der Waals surface area (Å²) in [7, 11) is 0. The number of nitrogens with zero attached hydrogens (tertiary/aromatic N) is 1. The number of anilines is 1. The van der Waals surface area contributed by atoms with E-state index in [9.17, 15) is 14.4 Å². The maximum absolute atomic E-state index is 12.6. The summed E-state index contributed by atoms with van der Waals surface area (Å²) in [6.07, 6.45) is 1.33. The molecule has 8 heteroatoms. The summed E-state index contributed by atoms with van der Waals surface area (Å²) >= 11 is 0. The molecule has 7 nitrogen and oxygen atoms in total. The van der Waals surface area contributed by atoms with E-state index >= 15 is 0 Å². The van der Waals surface area contributed by atoms with Crippen molar-refractivity contribution in [3.63, 3.8) is 0 Å².